The highest BCUT2D eigenvalue weighted by Gasteiger charge is 2.39. The summed E-state index contributed by atoms with van der Waals surface area (Å²) in [5.74, 6) is -0.336. The number of rotatable bonds is 0. The molecule has 1 aliphatic heterocycles. The molecule has 0 saturated carbocycles. The molecule has 5 heteroatoms. The predicted molar refractivity (Wildman–Crippen MR) is 77.1 cm³/mol. The Morgan fingerprint density at radius 2 is 1.86 bits per heavy atom. The number of pyridine rings is 1. The first-order valence-electron chi connectivity index (χ1n) is 7.34. The van der Waals surface area contributed by atoms with Crippen molar-refractivity contribution >= 4 is 12.0 Å². The van der Waals surface area contributed by atoms with E-state index in [1.807, 2.05) is 6.92 Å². The van der Waals surface area contributed by atoms with Crippen LogP contribution in [0.25, 0.3) is 0 Å². The summed E-state index contributed by atoms with van der Waals surface area (Å²) < 4.78 is 5.31. The number of carbonyl (C=O) groups excluding carboxylic acids is 2. The van der Waals surface area contributed by atoms with Gasteiger partial charge in [0.05, 0.1) is 6.54 Å². The molecule has 1 aliphatic carbocycles. The number of carbonyl (C=O) groups is 2. The SMILES string of the molecule is Cc1nc2c(c3c1CCC3)CN(C(=O)OC(C)(C)C)C2=O. The van der Waals surface area contributed by atoms with Gasteiger partial charge in [0.25, 0.3) is 5.91 Å². The van der Waals surface area contributed by atoms with Crippen LogP contribution in [0.5, 0.6) is 0 Å². The molecule has 0 N–H and O–H groups in total. The van der Waals surface area contributed by atoms with Crippen molar-refractivity contribution in [2.24, 2.45) is 0 Å². The molecule has 0 bridgehead atoms. The minimum atomic E-state index is -0.614. The third-order valence-electron chi connectivity index (χ3n) is 3.96. The van der Waals surface area contributed by atoms with Crippen LogP contribution >= 0.6 is 0 Å². The molecule has 3 rings (SSSR count). The minimum absolute atomic E-state index is 0.290. The first kappa shape index (κ1) is 14.0. The van der Waals surface area contributed by atoms with Crippen molar-refractivity contribution in [3.05, 3.63) is 28.1 Å². The van der Waals surface area contributed by atoms with E-state index in [0.29, 0.717) is 12.2 Å². The fourth-order valence-corrected chi connectivity index (χ4v) is 3.09. The molecule has 0 atom stereocenters. The van der Waals surface area contributed by atoms with Crippen LogP contribution in [0.1, 0.15) is 60.1 Å². The lowest BCUT2D eigenvalue weighted by molar-refractivity contribution is 0.0247. The smallest absolute Gasteiger partial charge is 0.417 e. The zero-order valence-electron chi connectivity index (χ0n) is 12.9. The molecule has 0 unspecified atom stereocenters. The summed E-state index contributed by atoms with van der Waals surface area (Å²) in [6.45, 7) is 7.60. The molecule has 5 nitrogen and oxygen atoms in total. The van der Waals surface area contributed by atoms with E-state index in [2.05, 4.69) is 4.98 Å². The lowest BCUT2D eigenvalue weighted by Gasteiger charge is -2.23. The van der Waals surface area contributed by atoms with E-state index in [1.54, 1.807) is 20.8 Å². The lowest BCUT2D eigenvalue weighted by atomic mass is 10.0. The van der Waals surface area contributed by atoms with Crippen LogP contribution in [-0.4, -0.2) is 27.5 Å². The molecular formula is C16H20N2O3. The fraction of sp³-hybridized carbons (Fsp3) is 0.562. The Morgan fingerprint density at radius 1 is 1.19 bits per heavy atom. The van der Waals surface area contributed by atoms with Gasteiger partial charge >= 0.3 is 6.09 Å². The number of nitrogens with zero attached hydrogens (tertiary/aromatic N) is 2. The largest absolute Gasteiger partial charge is 0.443 e. The number of imide groups is 1. The predicted octanol–water partition coefficient (Wildman–Crippen LogP) is 2.77. The van der Waals surface area contributed by atoms with Crippen LogP contribution in [0.15, 0.2) is 0 Å². The number of aromatic nitrogens is 1. The Labute approximate surface area is 124 Å². The zero-order chi connectivity index (χ0) is 15.4. The van der Waals surface area contributed by atoms with Crippen LogP contribution in [-0.2, 0) is 24.1 Å². The molecule has 1 aromatic rings. The Kier molecular flexibility index (Phi) is 3.04. The lowest BCUT2D eigenvalue weighted by Crippen LogP contribution is -2.37. The van der Waals surface area contributed by atoms with E-state index < -0.39 is 11.7 Å². The zero-order valence-corrected chi connectivity index (χ0v) is 12.9. The third kappa shape index (κ3) is 2.30. The van der Waals surface area contributed by atoms with Crippen molar-refractivity contribution in [2.45, 2.75) is 59.1 Å². The number of amides is 2. The molecule has 1 aromatic heterocycles. The van der Waals surface area contributed by atoms with Gasteiger partial charge in [0.1, 0.15) is 11.3 Å². The molecular weight excluding hydrogens is 268 g/mol. The van der Waals surface area contributed by atoms with Gasteiger partial charge in [-0.05, 0) is 58.1 Å². The first-order valence-corrected chi connectivity index (χ1v) is 7.34. The van der Waals surface area contributed by atoms with Crippen LogP contribution in [0.4, 0.5) is 4.79 Å². The number of ether oxygens (including phenoxy) is 1. The number of fused-ring (bicyclic) bond motifs is 3. The van der Waals surface area contributed by atoms with E-state index in [1.165, 1.54) is 16.0 Å². The van der Waals surface area contributed by atoms with Crippen LogP contribution in [0.2, 0.25) is 0 Å². The van der Waals surface area contributed by atoms with Crippen molar-refractivity contribution in [1.82, 2.24) is 9.88 Å². The van der Waals surface area contributed by atoms with E-state index in [0.717, 1.165) is 30.5 Å². The molecule has 0 saturated heterocycles. The minimum Gasteiger partial charge on any atom is -0.443 e. The monoisotopic (exact) mass is 288 g/mol. The summed E-state index contributed by atoms with van der Waals surface area (Å²) >= 11 is 0. The summed E-state index contributed by atoms with van der Waals surface area (Å²) in [5, 5.41) is 0. The summed E-state index contributed by atoms with van der Waals surface area (Å²) in [7, 11) is 0. The number of hydrogen-bond acceptors (Lipinski definition) is 4. The van der Waals surface area contributed by atoms with Gasteiger partial charge in [-0.1, -0.05) is 0 Å². The molecule has 2 heterocycles. The second kappa shape index (κ2) is 4.55. The molecule has 21 heavy (non-hydrogen) atoms. The molecule has 0 spiro atoms. The summed E-state index contributed by atoms with van der Waals surface area (Å²) in [6.07, 6.45) is 2.49. The van der Waals surface area contributed by atoms with Gasteiger partial charge in [-0.3, -0.25) is 4.79 Å². The van der Waals surface area contributed by atoms with Crippen molar-refractivity contribution < 1.29 is 14.3 Å². The molecule has 2 aliphatic rings. The van der Waals surface area contributed by atoms with Crippen LogP contribution in [0.3, 0.4) is 0 Å². The first-order chi connectivity index (χ1) is 9.78. The topological polar surface area (TPSA) is 59.5 Å². The molecule has 0 radical (unpaired) electrons. The Morgan fingerprint density at radius 3 is 2.52 bits per heavy atom. The maximum Gasteiger partial charge on any atom is 0.417 e. The van der Waals surface area contributed by atoms with Gasteiger partial charge in [-0.25, -0.2) is 14.7 Å². The van der Waals surface area contributed by atoms with E-state index in [-0.39, 0.29) is 5.91 Å². The summed E-state index contributed by atoms with van der Waals surface area (Å²) in [5.41, 5.74) is 4.13. The quantitative estimate of drug-likeness (QED) is 0.736. The highest BCUT2D eigenvalue weighted by Crippen LogP contribution is 2.34. The second-order valence-corrected chi connectivity index (χ2v) is 6.71. The van der Waals surface area contributed by atoms with Gasteiger partial charge in [-0.15, -0.1) is 0 Å². The molecule has 0 aromatic carbocycles. The van der Waals surface area contributed by atoms with Gasteiger partial charge < -0.3 is 4.74 Å². The normalized spacial score (nSPS) is 17.0. The number of aryl methyl sites for hydroxylation is 1. The van der Waals surface area contributed by atoms with Crippen LogP contribution in [0, 0.1) is 6.92 Å². The summed E-state index contributed by atoms with van der Waals surface area (Å²) in [4.78, 5) is 30.2. The van der Waals surface area contributed by atoms with Crippen molar-refractivity contribution in [3.63, 3.8) is 0 Å². The average molecular weight is 288 g/mol. The van der Waals surface area contributed by atoms with E-state index >= 15 is 0 Å². The maximum absolute atomic E-state index is 12.4. The third-order valence-corrected chi connectivity index (χ3v) is 3.96. The van der Waals surface area contributed by atoms with E-state index in [9.17, 15) is 9.59 Å². The maximum atomic E-state index is 12.4. The Bertz CT molecular complexity index is 644. The van der Waals surface area contributed by atoms with Crippen molar-refractivity contribution in [3.8, 4) is 0 Å². The van der Waals surface area contributed by atoms with Crippen LogP contribution < -0.4 is 0 Å². The van der Waals surface area contributed by atoms with Crippen molar-refractivity contribution in [1.29, 1.82) is 0 Å². The molecule has 0 fully saturated rings. The van der Waals surface area contributed by atoms with E-state index in [4.69, 9.17) is 4.74 Å². The standard InChI is InChI=1S/C16H20N2O3/c1-9-10-6-5-7-11(10)12-8-18(14(19)13(12)17-9)15(20)21-16(2,3)4/h5-8H2,1-4H3. The van der Waals surface area contributed by atoms with Gasteiger partial charge in [0, 0.05) is 11.3 Å². The van der Waals surface area contributed by atoms with Gasteiger partial charge in [0.2, 0.25) is 0 Å². The van der Waals surface area contributed by atoms with Gasteiger partial charge in [0.15, 0.2) is 0 Å². The highest BCUT2D eigenvalue weighted by molar-refractivity contribution is 6.05. The Balaban J connectivity index is 1.95. The molecule has 112 valence electrons. The number of hydrogen-bond donors (Lipinski definition) is 0. The Hall–Kier alpha value is -1.91. The second-order valence-electron chi connectivity index (χ2n) is 6.71. The highest BCUT2D eigenvalue weighted by atomic mass is 16.6. The fourth-order valence-electron chi connectivity index (χ4n) is 3.09. The van der Waals surface area contributed by atoms with Crippen molar-refractivity contribution in [2.75, 3.05) is 0 Å². The molecule has 2 amide bonds. The average Bonchev–Trinajstić information content (AvgIpc) is 2.93. The summed E-state index contributed by atoms with van der Waals surface area (Å²) in [6, 6.07) is 0. The van der Waals surface area contributed by atoms with Gasteiger partial charge in [-0.2, -0.15) is 0 Å².